The van der Waals surface area contributed by atoms with E-state index >= 15 is 0 Å². The molecule has 0 saturated carbocycles. The van der Waals surface area contributed by atoms with E-state index in [1.807, 2.05) is 0 Å². The molecule has 0 spiro atoms. The van der Waals surface area contributed by atoms with Crippen LogP contribution in [0.4, 0.5) is 0 Å². The Morgan fingerprint density at radius 2 is 2.11 bits per heavy atom. The molecule has 1 aromatic carbocycles. The van der Waals surface area contributed by atoms with Crippen LogP contribution in [0.2, 0.25) is 0 Å². The predicted molar refractivity (Wildman–Crippen MR) is 75.0 cm³/mol. The first-order valence-corrected chi connectivity index (χ1v) is 8.27. The molecule has 1 heterocycles. The van der Waals surface area contributed by atoms with Crippen molar-refractivity contribution in [3.8, 4) is 0 Å². The fraction of sp³-hybridized carbons (Fsp3) is 0.500. The highest BCUT2D eigenvalue weighted by Crippen LogP contribution is 2.22. The van der Waals surface area contributed by atoms with Crippen LogP contribution in [0.1, 0.15) is 19.8 Å². The van der Waals surface area contributed by atoms with Gasteiger partial charge >= 0.3 is 0 Å². The van der Waals surface area contributed by atoms with E-state index in [0.717, 1.165) is 19.4 Å². The molecule has 1 aromatic rings. The normalized spacial score (nSPS) is 25.0. The molecule has 4 nitrogen and oxygen atoms in total. The highest BCUT2D eigenvalue weighted by atomic mass is 79.9. The lowest BCUT2D eigenvalue weighted by atomic mass is 10.0. The minimum absolute atomic E-state index is 0.0124. The number of hydrogen-bond donors (Lipinski definition) is 2. The van der Waals surface area contributed by atoms with Gasteiger partial charge < -0.3 is 5.32 Å². The highest BCUT2D eigenvalue weighted by Gasteiger charge is 2.25. The van der Waals surface area contributed by atoms with Gasteiger partial charge in [0.1, 0.15) is 0 Å². The topological polar surface area (TPSA) is 58.2 Å². The Bertz CT molecular complexity index is 519. The van der Waals surface area contributed by atoms with Gasteiger partial charge in [-0.05, 0) is 54.4 Å². The third kappa shape index (κ3) is 3.32. The first kappa shape index (κ1) is 14.0. The molecule has 18 heavy (non-hydrogen) atoms. The van der Waals surface area contributed by atoms with E-state index in [4.69, 9.17) is 0 Å². The quantitative estimate of drug-likeness (QED) is 0.888. The molecule has 1 aliphatic rings. The van der Waals surface area contributed by atoms with Gasteiger partial charge in [-0.2, -0.15) is 0 Å². The van der Waals surface area contributed by atoms with Gasteiger partial charge in [0, 0.05) is 16.6 Å². The van der Waals surface area contributed by atoms with Gasteiger partial charge in [-0.25, -0.2) is 13.1 Å². The Balaban J connectivity index is 2.15. The summed E-state index contributed by atoms with van der Waals surface area (Å²) in [5.41, 5.74) is 0. The van der Waals surface area contributed by atoms with Gasteiger partial charge in [0.05, 0.1) is 4.90 Å². The molecule has 2 rings (SSSR count). The van der Waals surface area contributed by atoms with Crippen molar-refractivity contribution in [2.75, 3.05) is 6.54 Å². The summed E-state index contributed by atoms with van der Waals surface area (Å²) in [6, 6.07) is 7.24. The van der Waals surface area contributed by atoms with Crippen LogP contribution in [0.3, 0.4) is 0 Å². The van der Waals surface area contributed by atoms with Crippen LogP contribution in [0.15, 0.2) is 33.6 Å². The summed E-state index contributed by atoms with van der Waals surface area (Å²) in [6.07, 6.45) is 1.65. The molecule has 2 atom stereocenters. The van der Waals surface area contributed by atoms with Crippen LogP contribution < -0.4 is 10.0 Å². The lowest BCUT2D eigenvalue weighted by Gasteiger charge is -2.28. The van der Waals surface area contributed by atoms with E-state index in [2.05, 4.69) is 32.9 Å². The molecule has 2 unspecified atom stereocenters. The van der Waals surface area contributed by atoms with Crippen molar-refractivity contribution in [2.24, 2.45) is 0 Å². The van der Waals surface area contributed by atoms with Crippen molar-refractivity contribution in [3.05, 3.63) is 28.7 Å². The molecule has 0 aromatic heterocycles. The van der Waals surface area contributed by atoms with Crippen molar-refractivity contribution < 1.29 is 8.42 Å². The molecule has 1 aliphatic heterocycles. The molecule has 0 bridgehead atoms. The van der Waals surface area contributed by atoms with Crippen molar-refractivity contribution in [3.63, 3.8) is 0 Å². The third-order valence-electron chi connectivity index (χ3n) is 3.07. The van der Waals surface area contributed by atoms with Crippen molar-refractivity contribution in [1.29, 1.82) is 0 Å². The second-order valence-corrected chi connectivity index (χ2v) is 7.16. The summed E-state index contributed by atoms with van der Waals surface area (Å²) in [6.45, 7) is 2.92. The van der Waals surface area contributed by atoms with Gasteiger partial charge in [-0.15, -0.1) is 0 Å². The molecule has 100 valence electrons. The fourth-order valence-corrected chi connectivity index (χ4v) is 4.47. The first-order chi connectivity index (χ1) is 8.49. The van der Waals surface area contributed by atoms with Crippen LogP contribution in [-0.4, -0.2) is 27.0 Å². The lowest BCUT2D eigenvalue weighted by molar-refractivity contribution is 0.361. The molecule has 1 saturated heterocycles. The van der Waals surface area contributed by atoms with Crippen LogP contribution in [-0.2, 0) is 10.0 Å². The Morgan fingerprint density at radius 3 is 2.78 bits per heavy atom. The summed E-state index contributed by atoms with van der Waals surface area (Å²) < 4.78 is 27.9. The van der Waals surface area contributed by atoms with Gasteiger partial charge in [-0.1, -0.05) is 12.1 Å². The Hall–Kier alpha value is -0.430. The van der Waals surface area contributed by atoms with Crippen LogP contribution in [0, 0.1) is 0 Å². The number of hydrogen-bond acceptors (Lipinski definition) is 3. The number of benzene rings is 1. The van der Waals surface area contributed by atoms with Crippen molar-refractivity contribution in [1.82, 2.24) is 10.0 Å². The molecule has 1 fully saturated rings. The average Bonchev–Trinajstić information content (AvgIpc) is 2.28. The Labute approximate surface area is 116 Å². The van der Waals surface area contributed by atoms with E-state index in [9.17, 15) is 8.42 Å². The molecule has 0 aliphatic carbocycles. The van der Waals surface area contributed by atoms with Crippen molar-refractivity contribution >= 4 is 26.0 Å². The second kappa shape index (κ2) is 5.69. The summed E-state index contributed by atoms with van der Waals surface area (Å²) >= 11 is 3.28. The predicted octanol–water partition coefficient (Wildman–Crippen LogP) is 1.87. The number of halogens is 1. The monoisotopic (exact) mass is 332 g/mol. The van der Waals surface area contributed by atoms with E-state index in [0.29, 0.717) is 15.4 Å². The van der Waals surface area contributed by atoms with E-state index in [1.165, 1.54) is 0 Å². The minimum atomic E-state index is -3.44. The maximum atomic E-state index is 12.3. The summed E-state index contributed by atoms with van der Waals surface area (Å²) in [5, 5.41) is 3.30. The molecular weight excluding hydrogens is 316 g/mol. The number of sulfonamides is 1. The maximum absolute atomic E-state index is 12.3. The van der Waals surface area contributed by atoms with Gasteiger partial charge in [-0.3, -0.25) is 0 Å². The van der Waals surface area contributed by atoms with E-state index in [-0.39, 0.29) is 6.04 Å². The second-order valence-electron chi connectivity index (χ2n) is 4.63. The molecule has 0 radical (unpaired) electrons. The Kier molecular flexibility index (Phi) is 4.42. The smallest absolute Gasteiger partial charge is 0.241 e. The van der Waals surface area contributed by atoms with Crippen LogP contribution in [0.25, 0.3) is 0 Å². The third-order valence-corrected chi connectivity index (χ3v) is 5.60. The molecule has 0 amide bonds. The zero-order valence-corrected chi connectivity index (χ0v) is 12.6. The zero-order valence-electron chi connectivity index (χ0n) is 10.2. The summed E-state index contributed by atoms with van der Waals surface area (Å²) in [5.74, 6) is 0. The average molecular weight is 333 g/mol. The fourth-order valence-electron chi connectivity index (χ4n) is 2.18. The summed E-state index contributed by atoms with van der Waals surface area (Å²) in [4.78, 5) is 0.302. The lowest BCUT2D eigenvalue weighted by Crippen LogP contribution is -2.46. The van der Waals surface area contributed by atoms with Gasteiger partial charge in [0.2, 0.25) is 10.0 Å². The number of piperidine rings is 1. The summed E-state index contributed by atoms with van der Waals surface area (Å²) in [7, 11) is -3.44. The SMILES string of the molecule is CC1CC(NS(=O)(=O)c2ccccc2Br)CCN1. The van der Waals surface area contributed by atoms with Gasteiger partial charge in [0.15, 0.2) is 0 Å². The Morgan fingerprint density at radius 1 is 1.39 bits per heavy atom. The largest absolute Gasteiger partial charge is 0.314 e. The zero-order chi connectivity index (χ0) is 13.2. The molecular formula is C12H17BrN2O2S. The van der Waals surface area contributed by atoms with Crippen LogP contribution in [0.5, 0.6) is 0 Å². The van der Waals surface area contributed by atoms with Crippen LogP contribution >= 0.6 is 15.9 Å². The minimum Gasteiger partial charge on any atom is -0.314 e. The standard InChI is InChI=1S/C12H17BrN2O2S/c1-9-8-10(6-7-14-9)15-18(16,17)12-5-3-2-4-11(12)13/h2-5,9-10,14-15H,6-8H2,1H3. The first-order valence-electron chi connectivity index (χ1n) is 5.99. The molecule has 2 N–H and O–H groups in total. The van der Waals surface area contributed by atoms with Gasteiger partial charge in [0.25, 0.3) is 0 Å². The number of rotatable bonds is 3. The maximum Gasteiger partial charge on any atom is 0.241 e. The van der Waals surface area contributed by atoms with E-state index in [1.54, 1.807) is 24.3 Å². The number of nitrogens with one attached hydrogen (secondary N) is 2. The van der Waals surface area contributed by atoms with E-state index < -0.39 is 10.0 Å². The molecule has 6 heteroatoms. The highest BCUT2D eigenvalue weighted by molar-refractivity contribution is 9.10. The van der Waals surface area contributed by atoms with Crippen molar-refractivity contribution in [2.45, 2.75) is 36.7 Å².